The molecular formula is C19H28O5. The summed E-state index contributed by atoms with van der Waals surface area (Å²) in [5, 5.41) is 0. The smallest absolute Gasteiger partial charge is 0.305 e. The Morgan fingerprint density at radius 1 is 1.21 bits per heavy atom. The summed E-state index contributed by atoms with van der Waals surface area (Å²) in [7, 11) is 3.00. The second kappa shape index (κ2) is 7.43. The molecule has 5 nitrogen and oxygen atoms in total. The number of hydrogen-bond donors (Lipinski definition) is 0. The van der Waals surface area contributed by atoms with Crippen molar-refractivity contribution in [3.63, 3.8) is 0 Å². The third-order valence-corrected chi connectivity index (χ3v) is 4.62. The lowest BCUT2D eigenvalue weighted by molar-refractivity contribution is -0.140. The molecule has 0 saturated heterocycles. The van der Waals surface area contributed by atoms with Gasteiger partial charge in [-0.3, -0.25) is 4.79 Å². The van der Waals surface area contributed by atoms with Crippen molar-refractivity contribution >= 4 is 5.97 Å². The minimum atomic E-state index is -0.233. The lowest BCUT2D eigenvalue weighted by Gasteiger charge is -2.36. The van der Waals surface area contributed by atoms with Crippen LogP contribution in [0.4, 0.5) is 0 Å². The molecule has 0 amide bonds. The Kier molecular flexibility index (Phi) is 5.75. The molecule has 0 atom stereocenters. The highest BCUT2D eigenvalue weighted by molar-refractivity contribution is 5.70. The van der Waals surface area contributed by atoms with Gasteiger partial charge in [0.2, 0.25) is 0 Å². The first kappa shape index (κ1) is 18.6. The topological polar surface area (TPSA) is 54.0 Å². The van der Waals surface area contributed by atoms with Gasteiger partial charge in [-0.15, -0.1) is 0 Å². The van der Waals surface area contributed by atoms with Crippen LogP contribution >= 0.6 is 0 Å². The number of ether oxygens (including phenoxy) is 4. The van der Waals surface area contributed by atoms with Crippen LogP contribution in [0.3, 0.4) is 0 Å². The van der Waals surface area contributed by atoms with Crippen molar-refractivity contribution in [1.29, 1.82) is 0 Å². The molecule has 1 heterocycles. The monoisotopic (exact) mass is 336 g/mol. The molecule has 24 heavy (non-hydrogen) atoms. The molecule has 1 aliphatic rings. The van der Waals surface area contributed by atoms with Gasteiger partial charge in [0.25, 0.3) is 0 Å². The van der Waals surface area contributed by atoms with E-state index in [2.05, 4.69) is 13.8 Å². The zero-order valence-corrected chi connectivity index (χ0v) is 15.6. The van der Waals surface area contributed by atoms with E-state index in [9.17, 15) is 4.79 Å². The predicted molar refractivity (Wildman–Crippen MR) is 91.8 cm³/mol. The molecule has 1 aromatic carbocycles. The first-order chi connectivity index (χ1) is 11.3. The summed E-state index contributed by atoms with van der Waals surface area (Å²) in [6.07, 6.45) is 2.78. The van der Waals surface area contributed by atoms with Crippen LogP contribution in [0.5, 0.6) is 11.5 Å². The number of methoxy groups -OCH3 is 2. The number of fused-ring (bicyclic) bond motifs is 1. The fourth-order valence-corrected chi connectivity index (χ4v) is 3.20. The second-order valence-corrected chi connectivity index (χ2v) is 6.85. The lowest BCUT2D eigenvalue weighted by atomic mass is 9.86. The minimum absolute atomic E-state index is 0.177. The van der Waals surface area contributed by atoms with Gasteiger partial charge in [-0.25, -0.2) is 0 Å². The maximum Gasteiger partial charge on any atom is 0.305 e. The summed E-state index contributed by atoms with van der Waals surface area (Å²) in [4.78, 5) is 11.6. The van der Waals surface area contributed by atoms with Gasteiger partial charge in [0, 0.05) is 24.7 Å². The Hall–Kier alpha value is -1.75. The number of carbonyl (C=O) groups is 1. The molecule has 1 aliphatic heterocycles. The summed E-state index contributed by atoms with van der Waals surface area (Å²) in [6, 6.07) is 0. The molecule has 0 fully saturated rings. The fourth-order valence-electron chi connectivity index (χ4n) is 3.20. The molecule has 0 spiro atoms. The van der Waals surface area contributed by atoms with Crippen LogP contribution < -0.4 is 9.47 Å². The van der Waals surface area contributed by atoms with Crippen LogP contribution in [0, 0.1) is 13.8 Å². The normalized spacial score (nSPS) is 15.4. The summed E-state index contributed by atoms with van der Waals surface area (Å²) in [5.74, 6) is 1.51. The molecule has 0 bridgehead atoms. The molecule has 0 saturated carbocycles. The van der Waals surface area contributed by atoms with Gasteiger partial charge in [0.15, 0.2) is 6.79 Å². The van der Waals surface area contributed by atoms with E-state index in [1.54, 1.807) is 7.11 Å². The highest BCUT2D eigenvalue weighted by Gasteiger charge is 2.32. The highest BCUT2D eigenvalue weighted by Crippen LogP contribution is 2.44. The highest BCUT2D eigenvalue weighted by atomic mass is 16.7. The summed E-state index contributed by atoms with van der Waals surface area (Å²) >= 11 is 0. The Morgan fingerprint density at radius 2 is 1.92 bits per heavy atom. The van der Waals surface area contributed by atoms with Crippen molar-refractivity contribution in [2.24, 2.45) is 0 Å². The van der Waals surface area contributed by atoms with Crippen molar-refractivity contribution in [3.05, 3.63) is 22.3 Å². The van der Waals surface area contributed by atoms with Gasteiger partial charge in [-0.2, -0.15) is 0 Å². The maximum atomic E-state index is 11.6. The van der Waals surface area contributed by atoms with Crippen LogP contribution in [0.25, 0.3) is 0 Å². The molecule has 134 valence electrons. The largest absolute Gasteiger partial charge is 0.487 e. The fraction of sp³-hybridized carbons (Fsp3) is 0.632. The van der Waals surface area contributed by atoms with E-state index in [0.29, 0.717) is 12.8 Å². The SMILES string of the molecule is COCOc1c(C)c2c(c(C)c1CCC(=O)OC)OC(C)(C)CC2. The molecule has 0 aromatic heterocycles. The Bertz CT molecular complexity index is 619. The van der Waals surface area contributed by atoms with E-state index in [-0.39, 0.29) is 18.4 Å². The molecule has 2 rings (SSSR count). The quantitative estimate of drug-likeness (QED) is 0.588. The molecule has 0 radical (unpaired) electrons. The molecule has 5 heteroatoms. The second-order valence-electron chi connectivity index (χ2n) is 6.85. The van der Waals surface area contributed by atoms with Crippen LogP contribution in [-0.2, 0) is 27.1 Å². The summed E-state index contributed by atoms with van der Waals surface area (Å²) < 4.78 is 22.0. The van der Waals surface area contributed by atoms with Gasteiger partial charge in [0.05, 0.1) is 7.11 Å². The average Bonchev–Trinajstić information content (AvgIpc) is 2.54. The van der Waals surface area contributed by atoms with E-state index in [1.165, 1.54) is 12.7 Å². The number of rotatable bonds is 6. The van der Waals surface area contributed by atoms with E-state index in [4.69, 9.17) is 18.9 Å². The zero-order chi connectivity index (χ0) is 17.9. The van der Waals surface area contributed by atoms with Crippen molar-refractivity contribution in [2.75, 3.05) is 21.0 Å². The summed E-state index contributed by atoms with van der Waals surface area (Å²) in [6.45, 7) is 8.47. The van der Waals surface area contributed by atoms with Crippen molar-refractivity contribution in [2.45, 2.75) is 59.0 Å². The molecule has 0 unspecified atom stereocenters. The summed E-state index contributed by atoms with van der Waals surface area (Å²) in [5.41, 5.74) is 4.12. The van der Waals surface area contributed by atoms with Crippen LogP contribution in [0.15, 0.2) is 0 Å². The molecular weight excluding hydrogens is 308 g/mol. The average molecular weight is 336 g/mol. The first-order valence-corrected chi connectivity index (χ1v) is 8.33. The van der Waals surface area contributed by atoms with Gasteiger partial charge < -0.3 is 18.9 Å². The van der Waals surface area contributed by atoms with E-state index in [0.717, 1.165) is 41.0 Å². The van der Waals surface area contributed by atoms with Gasteiger partial charge >= 0.3 is 5.97 Å². The number of esters is 1. The maximum absolute atomic E-state index is 11.6. The van der Waals surface area contributed by atoms with Gasteiger partial charge in [-0.05, 0) is 58.1 Å². The zero-order valence-electron chi connectivity index (χ0n) is 15.6. The number of hydrogen-bond acceptors (Lipinski definition) is 5. The third kappa shape index (κ3) is 3.83. The third-order valence-electron chi connectivity index (χ3n) is 4.62. The Labute approximate surface area is 144 Å². The van der Waals surface area contributed by atoms with Gasteiger partial charge in [0.1, 0.15) is 17.1 Å². The van der Waals surface area contributed by atoms with Crippen molar-refractivity contribution < 1.29 is 23.7 Å². The van der Waals surface area contributed by atoms with Gasteiger partial charge in [-0.1, -0.05) is 0 Å². The molecule has 0 N–H and O–H groups in total. The van der Waals surface area contributed by atoms with Crippen LogP contribution in [0.2, 0.25) is 0 Å². The van der Waals surface area contributed by atoms with Crippen LogP contribution in [0.1, 0.15) is 48.9 Å². The minimum Gasteiger partial charge on any atom is -0.487 e. The van der Waals surface area contributed by atoms with Crippen LogP contribution in [-0.4, -0.2) is 32.6 Å². The Balaban J connectivity index is 2.48. The molecule has 0 aliphatic carbocycles. The van der Waals surface area contributed by atoms with E-state index < -0.39 is 0 Å². The predicted octanol–water partition coefficient (Wildman–Crippen LogP) is 3.50. The lowest BCUT2D eigenvalue weighted by Crippen LogP contribution is -2.33. The Morgan fingerprint density at radius 3 is 2.54 bits per heavy atom. The van der Waals surface area contributed by atoms with Crippen molar-refractivity contribution in [3.8, 4) is 11.5 Å². The first-order valence-electron chi connectivity index (χ1n) is 8.33. The standard InChI is InChI=1S/C19H28O5/c1-12-15-9-10-19(3,4)24-18(15)13(2)14(7-8-16(20)22-6)17(12)23-11-21-5/h7-11H2,1-6H3. The van der Waals surface area contributed by atoms with E-state index >= 15 is 0 Å². The number of benzene rings is 1. The van der Waals surface area contributed by atoms with Crippen molar-refractivity contribution in [1.82, 2.24) is 0 Å². The number of carbonyl (C=O) groups excluding carboxylic acids is 1. The molecule has 1 aromatic rings. The van der Waals surface area contributed by atoms with E-state index in [1.807, 2.05) is 13.8 Å².